The van der Waals surface area contributed by atoms with Crippen molar-refractivity contribution in [2.24, 2.45) is 0 Å². The van der Waals surface area contributed by atoms with Crippen LogP contribution >= 0.6 is 0 Å². The molecule has 0 radical (unpaired) electrons. The third kappa shape index (κ3) is 9.23. The molecule has 0 aromatic heterocycles. The van der Waals surface area contributed by atoms with Crippen LogP contribution in [0, 0.1) is 11.3 Å². The molecule has 1 amide bonds. The average molecular weight is 211 g/mol. The summed E-state index contributed by atoms with van der Waals surface area (Å²) in [7, 11) is 0. The Hall–Kier alpha value is -1.08. The van der Waals surface area contributed by atoms with E-state index in [9.17, 15) is 4.79 Å². The Bertz CT molecular complexity index is 210. The maximum atomic E-state index is 11.2. The number of carbonyl (C=O) groups excluding carboxylic acids is 1. The smallest absolute Gasteiger partial charge is 0.233 e. The first-order valence-electron chi connectivity index (χ1n) is 5.57. The van der Waals surface area contributed by atoms with Crippen molar-refractivity contribution < 1.29 is 4.79 Å². The monoisotopic (exact) mass is 211 g/mol. The predicted molar refractivity (Wildman–Crippen MR) is 60.2 cm³/mol. The average Bonchev–Trinajstić information content (AvgIpc) is 2.24. The zero-order chi connectivity index (χ0) is 11.5. The van der Waals surface area contributed by atoms with Gasteiger partial charge >= 0.3 is 0 Å². The molecule has 4 heteroatoms. The maximum Gasteiger partial charge on any atom is 0.233 e. The van der Waals surface area contributed by atoms with Gasteiger partial charge in [0.15, 0.2) is 0 Å². The van der Waals surface area contributed by atoms with E-state index in [0.29, 0.717) is 25.6 Å². The van der Waals surface area contributed by atoms with E-state index in [1.54, 1.807) is 0 Å². The fourth-order valence-electron chi connectivity index (χ4n) is 1.20. The molecule has 86 valence electrons. The zero-order valence-electron chi connectivity index (χ0n) is 9.68. The van der Waals surface area contributed by atoms with Crippen LogP contribution in [0.1, 0.15) is 39.5 Å². The fourth-order valence-corrected chi connectivity index (χ4v) is 1.20. The van der Waals surface area contributed by atoms with Crippen LogP contribution in [0.4, 0.5) is 0 Å². The molecule has 2 N–H and O–H groups in total. The second-order valence-electron chi connectivity index (χ2n) is 3.68. The van der Waals surface area contributed by atoms with Gasteiger partial charge in [-0.25, -0.2) is 0 Å². The number of hydrogen-bond acceptors (Lipinski definition) is 3. The van der Waals surface area contributed by atoms with E-state index in [2.05, 4.69) is 24.5 Å². The van der Waals surface area contributed by atoms with E-state index >= 15 is 0 Å². The molecule has 0 aromatic carbocycles. The molecular weight excluding hydrogens is 190 g/mol. The Balaban J connectivity index is 3.41. The van der Waals surface area contributed by atoms with Gasteiger partial charge in [-0.15, -0.1) is 0 Å². The highest BCUT2D eigenvalue weighted by molar-refractivity contribution is 5.77. The van der Waals surface area contributed by atoms with E-state index < -0.39 is 0 Å². The van der Waals surface area contributed by atoms with Gasteiger partial charge in [-0.1, -0.05) is 19.8 Å². The first-order valence-corrected chi connectivity index (χ1v) is 5.57. The van der Waals surface area contributed by atoms with E-state index in [1.165, 1.54) is 12.8 Å². The summed E-state index contributed by atoms with van der Waals surface area (Å²) >= 11 is 0. The lowest BCUT2D eigenvalue weighted by molar-refractivity contribution is -0.120. The lowest BCUT2D eigenvalue weighted by Gasteiger charge is -2.12. The van der Waals surface area contributed by atoms with E-state index in [0.717, 1.165) is 6.42 Å². The van der Waals surface area contributed by atoms with Gasteiger partial charge in [0.2, 0.25) is 5.91 Å². The topological polar surface area (TPSA) is 64.9 Å². The van der Waals surface area contributed by atoms with Crippen LogP contribution in [0.25, 0.3) is 0 Å². The highest BCUT2D eigenvalue weighted by atomic mass is 16.1. The van der Waals surface area contributed by atoms with Gasteiger partial charge in [-0.05, 0) is 13.3 Å². The van der Waals surface area contributed by atoms with Crippen molar-refractivity contribution in [2.75, 3.05) is 13.1 Å². The van der Waals surface area contributed by atoms with Crippen LogP contribution < -0.4 is 10.6 Å². The van der Waals surface area contributed by atoms with E-state index in [4.69, 9.17) is 5.26 Å². The molecule has 0 heterocycles. The van der Waals surface area contributed by atoms with Crippen molar-refractivity contribution in [2.45, 2.75) is 45.6 Å². The van der Waals surface area contributed by atoms with Crippen LogP contribution in [0.3, 0.4) is 0 Å². The summed E-state index contributed by atoms with van der Waals surface area (Å²) < 4.78 is 0. The van der Waals surface area contributed by atoms with Crippen molar-refractivity contribution in [1.29, 1.82) is 5.26 Å². The number of carbonyl (C=O) groups is 1. The van der Waals surface area contributed by atoms with Gasteiger partial charge in [0.05, 0.1) is 19.0 Å². The Morgan fingerprint density at radius 1 is 1.53 bits per heavy atom. The first-order chi connectivity index (χ1) is 7.20. The van der Waals surface area contributed by atoms with Gasteiger partial charge in [0.1, 0.15) is 0 Å². The van der Waals surface area contributed by atoms with E-state index in [-0.39, 0.29) is 5.91 Å². The second kappa shape index (κ2) is 9.47. The standard InChI is InChI=1S/C11H21N3O/c1-3-4-6-10(2)14-9-11(15)13-8-5-7-12/h10,14H,3-6,8-9H2,1-2H3,(H,13,15). The normalized spacial score (nSPS) is 11.8. The van der Waals surface area contributed by atoms with Gasteiger partial charge in [0, 0.05) is 12.6 Å². The van der Waals surface area contributed by atoms with Gasteiger partial charge in [-0.2, -0.15) is 5.26 Å². The van der Waals surface area contributed by atoms with E-state index in [1.807, 2.05) is 6.07 Å². The van der Waals surface area contributed by atoms with Gasteiger partial charge in [0.25, 0.3) is 0 Å². The zero-order valence-corrected chi connectivity index (χ0v) is 9.68. The van der Waals surface area contributed by atoms with Crippen LogP contribution in [0.15, 0.2) is 0 Å². The summed E-state index contributed by atoms with van der Waals surface area (Å²) in [6, 6.07) is 2.36. The highest BCUT2D eigenvalue weighted by Gasteiger charge is 2.04. The highest BCUT2D eigenvalue weighted by Crippen LogP contribution is 1.98. The molecule has 15 heavy (non-hydrogen) atoms. The minimum Gasteiger partial charge on any atom is -0.354 e. The molecular formula is C11H21N3O. The summed E-state index contributed by atoms with van der Waals surface area (Å²) in [5.74, 6) is -0.0337. The molecule has 0 spiro atoms. The molecule has 0 aliphatic heterocycles. The quantitative estimate of drug-likeness (QED) is 0.593. The molecule has 0 aliphatic carbocycles. The van der Waals surface area contributed by atoms with Gasteiger partial charge < -0.3 is 10.6 Å². The Morgan fingerprint density at radius 3 is 2.87 bits per heavy atom. The number of nitriles is 1. The molecule has 1 atom stereocenters. The Labute approximate surface area is 92.0 Å². The molecule has 0 bridgehead atoms. The summed E-state index contributed by atoms with van der Waals surface area (Å²) in [5, 5.41) is 14.1. The third-order valence-corrected chi connectivity index (χ3v) is 2.16. The molecule has 0 fully saturated rings. The van der Waals surface area contributed by atoms with Crippen LogP contribution in [0.2, 0.25) is 0 Å². The summed E-state index contributed by atoms with van der Waals surface area (Å²) in [5.41, 5.74) is 0. The number of amides is 1. The predicted octanol–water partition coefficient (Wildman–Crippen LogP) is 1.18. The molecule has 0 saturated carbocycles. The largest absolute Gasteiger partial charge is 0.354 e. The van der Waals surface area contributed by atoms with Crippen LogP contribution in [-0.4, -0.2) is 25.0 Å². The second-order valence-corrected chi connectivity index (χ2v) is 3.68. The first kappa shape index (κ1) is 13.9. The van der Waals surface area contributed by atoms with Gasteiger partial charge in [-0.3, -0.25) is 4.79 Å². The molecule has 4 nitrogen and oxygen atoms in total. The van der Waals surface area contributed by atoms with Crippen LogP contribution in [0.5, 0.6) is 0 Å². The molecule has 0 aliphatic rings. The molecule has 0 saturated heterocycles. The lowest BCUT2D eigenvalue weighted by atomic mass is 10.1. The maximum absolute atomic E-state index is 11.2. The molecule has 0 rings (SSSR count). The van der Waals surface area contributed by atoms with Crippen molar-refractivity contribution >= 4 is 5.91 Å². The number of unbranched alkanes of at least 4 members (excludes halogenated alkanes) is 1. The third-order valence-electron chi connectivity index (χ3n) is 2.16. The number of nitrogens with zero attached hydrogens (tertiary/aromatic N) is 1. The number of nitrogens with one attached hydrogen (secondary N) is 2. The van der Waals surface area contributed by atoms with Crippen molar-refractivity contribution in [1.82, 2.24) is 10.6 Å². The minimum atomic E-state index is -0.0337. The molecule has 0 aromatic rings. The summed E-state index contributed by atoms with van der Waals surface area (Å²) in [4.78, 5) is 11.2. The summed E-state index contributed by atoms with van der Waals surface area (Å²) in [6.45, 7) is 5.02. The summed E-state index contributed by atoms with van der Waals surface area (Å²) in [6.07, 6.45) is 3.84. The van der Waals surface area contributed by atoms with Crippen molar-refractivity contribution in [3.8, 4) is 6.07 Å². The number of hydrogen-bond donors (Lipinski definition) is 2. The molecule has 1 unspecified atom stereocenters. The van der Waals surface area contributed by atoms with Crippen LogP contribution in [-0.2, 0) is 4.79 Å². The SMILES string of the molecule is CCCCC(C)NCC(=O)NCCC#N. The Kier molecular flexibility index (Phi) is 8.79. The number of rotatable bonds is 8. The lowest BCUT2D eigenvalue weighted by Crippen LogP contribution is -2.38. The van der Waals surface area contributed by atoms with Crippen molar-refractivity contribution in [3.63, 3.8) is 0 Å². The van der Waals surface area contributed by atoms with Crippen molar-refractivity contribution in [3.05, 3.63) is 0 Å². The Morgan fingerprint density at radius 2 is 2.27 bits per heavy atom. The fraction of sp³-hybridized carbons (Fsp3) is 0.818. The minimum absolute atomic E-state index is 0.0337.